The Kier molecular flexibility index (Phi) is 5.81. The largest absolute Gasteiger partial charge is 0.326 e. The molecule has 1 aliphatic heterocycles. The number of aromatic amines is 1. The predicted molar refractivity (Wildman–Crippen MR) is 134 cm³/mol. The molecule has 35 heavy (non-hydrogen) atoms. The number of thiazole rings is 1. The lowest BCUT2D eigenvalue weighted by Gasteiger charge is -2.15. The van der Waals surface area contributed by atoms with Gasteiger partial charge in [0.1, 0.15) is 0 Å². The standard InChI is InChI=1S/C25H23N5O4S/c1-3-6-19-22(24(34)30(28-19)25-27-18-7-4-5-8-20(18)35-25)17-13-21(32)29(23(17)33)16-11-9-15(10-12-16)26-14(2)31/h4-5,7-12,17,28H,3,6,13H2,1-2H3,(H,26,31)/t17-/m0/s1. The van der Waals surface area contributed by atoms with Crippen LogP contribution in [0.15, 0.2) is 53.3 Å². The summed E-state index contributed by atoms with van der Waals surface area (Å²) in [6.45, 7) is 3.39. The van der Waals surface area contributed by atoms with E-state index in [1.165, 1.54) is 22.9 Å². The number of rotatable bonds is 6. The fourth-order valence-electron chi connectivity index (χ4n) is 4.41. The summed E-state index contributed by atoms with van der Waals surface area (Å²) in [5.74, 6) is -1.90. The number of H-pyrrole nitrogens is 1. The fraction of sp³-hybridized carbons (Fsp3) is 0.240. The van der Waals surface area contributed by atoms with Gasteiger partial charge < -0.3 is 5.32 Å². The van der Waals surface area contributed by atoms with Gasteiger partial charge in [-0.15, -0.1) is 0 Å². The number of hydrogen-bond acceptors (Lipinski definition) is 6. The Morgan fingerprint density at radius 1 is 1.14 bits per heavy atom. The molecule has 0 saturated carbocycles. The number of aromatic nitrogens is 3. The van der Waals surface area contributed by atoms with E-state index in [0.29, 0.717) is 34.2 Å². The van der Waals surface area contributed by atoms with Crippen molar-refractivity contribution in [3.05, 3.63) is 70.1 Å². The Bertz CT molecular complexity index is 1480. The first kappa shape index (κ1) is 22.7. The summed E-state index contributed by atoms with van der Waals surface area (Å²) >= 11 is 1.38. The molecule has 0 bridgehead atoms. The highest BCUT2D eigenvalue weighted by Crippen LogP contribution is 2.34. The molecule has 2 N–H and O–H groups in total. The van der Waals surface area contributed by atoms with Gasteiger partial charge in [-0.25, -0.2) is 4.98 Å². The van der Waals surface area contributed by atoms with Crippen LogP contribution >= 0.6 is 11.3 Å². The maximum atomic E-state index is 13.5. The van der Waals surface area contributed by atoms with Crippen LogP contribution in [0.25, 0.3) is 15.3 Å². The molecule has 0 radical (unpaired) electrons. The van der Waals surface area contributed by atoms with Gasteiger partial charge in [0, 0.05) is 24.7 Å². The lowest BCUT2D eigenvalue weighted by atomic mass is 9.96. The number of carbonyl (C=O) groups is 3. The van der Waals surface area contributed by atoms with Crippen LogP contribution in [0.4, 0.5) is 11.4 Å². The average Bonchev–Trinajstić information content (AvgIpc) is 3.47. The van der Waals surface area contributed by atoms with E-state index in [2.05, 4.69) is 15.4 Å². The molecular formula is C25H23N5O4S. The third-order valence-electron chi connectivity index (χ3n) is 5.92. The first-order valence-electron chi connectivity index (χ1n) is 11.3. The Morgan fingerprint density at radius 2 is 1.89 bits per heavy atom. The van der Waals surface area contributed by atoms with E-state index in [0.717, 1.165) is 21.5 Å². The molecule has 1 atom stereocenters. The van der Waals surface area contributed by atoms with Gasteiger partial charge >= 0.3 is 0 Å². The van der Waals surface area contributed by atoms with Crippen molar-refractivity contribution in [1.29, 1.82) is 0 Å². The third-order valence-corrected chi connectivity index (χ3v) is 6.94. The highest BCUT2D eigenvalue weighted by atomic mass is 32.1. The maximum Gasteiger partial charge on any atom is 0.277 e. The Hall–Kier alpha value is -4.05. The van der Waals surface area contributed by atoms with Crippen LogP contribution in [0.1, 0.15) is 43.9 Å². The van der Waals surface area contributed by atoms with Crippen molar-refractivity contribution in [1.82, 2.24) is 14.8 Å². The molecule has 2 aromatic carbocycles. The van der Waals surface area contributed by atoms with E-state index >= 15 is 0 Å². The SMILES string of the molecule is CCCc1[nH]n(-c2nc3ccccc3s2)c(=O)c1[C@@H]1CC(=O)N(c2ccc(NC(C)=O)cc2)C1=O. The molecule has 1 fully saturated rings. The normalized spacial score (nSPS) is 15.8. The number of aryl methyl sites for hydroxylation is 1. The Balaban J connectivity index is 1.52. The average molecular weight is 490 g/mol. The summed E-state index contributed by atoms with van der Waals surface area (Å²) in [5.41, 5.74) is 2.35. The zero-order valence-electron chi connectivity index (χ0n) is 19.2. The van der Waals surface area contributed by atoms with Gasteiger partial charge in [0.15, 0.2) is 0 Å². The van der Waals surface area contributed by atoms with Crippen molar-refractivity contribution in [2.45, 2.75) is 39.0 Å². The molecule has 5 rings (SSSR count). The zero-order valence-corrected chi connectivity index (χ0v) is 20.0. The van der Waals surface area contributed by atoms with Crippen molar-refractivity contribution >= 4 is 50.6 Å². The molecule has 3 amide bonds. The first-order valence-corrected chi connectivity index (χ1v) is 12.1. The second kappa shape index (κ2) is 8.95. The number of nitrogens with one attached hydrogen (secondary N) is 2. The van der Waals surface area contributed by atoms with E-state index in [1.807, 2.05) is 31.2 Å². The molecule has 4 aromatic rings. The lowest BCUT2D eigenvalue weighted by molar-refractivity contribution is -0.121. The first-order chi connectivity index (χ1) is 16.9. The number of anilines is 2. The highest BCUT2D eigenvalue weighted by molar-refractivity contribution is 7.20. The maximum absolute atomic E-state index is 13.5. The van der Waals surface area contributed by atoms with Gasteiger partial charge in [-0.3, -0.25) is 29.2 Å². The van der Waals surface area contributed by atoms with Crippen LogP contribution in [-0.2, 0) is 20.8 Å². The number of para-hydroxylation sites is 1. The second-order valence-electron chi connectivity index (χ2n) is 8.41. The molecule has 9 nitrogen and oxygen atoms in total. The summed E-state index contributed by atoms with van der Waals surface area (Å²) in [5, 5.41) is 6.29. The molecule has 1 saturated heterocycles. The van der Waals surface area contributed by atoms with Crippen LogP contribution in [0.2, 0.25) is 0 Å². The van der Waals surface area contributed by atoms with Crippen molar-refractivity contribution < 1.29 is 14.4 Å². The smallest absolute Gasteiger partial charge is 0.277 e. The Labute approximate surface area is 204 Å². The van der Waals surface area contributed by atoms with Crippen molar-refractivity contribution in [2.75, 3.05) is 10.2 Å². The minimum Gasteiger partial charge on any atom is -0.326 e. The minimum absolute atomic E-state index is 0.0874. The lowest BCUT2D eigenvalue weighted by Crippen LogP contribution is -2.31. The minimum atomic E-state index is -0.876. The number of amides is 3. The van der Waals surface area contributed by atoms with Crippen molar-refractivity contribution in [3.8, 4) is 5.13 Å². The third kappa shape index (κ3) is 4.06. The number of imide groups is 1. The van der Waals surface area contributed by atoms with Crippen LogP contribution < -0.4 is 15.8 Å². The number of fused-ring (bicyclic) bond motifs is 1. The molecule has 178 valence electrons. The van der Waals surface area contributed by atoms with Crippen LogP contribution in [0.5, 0.6) is 0 Å². The molecule has 2 aromatic heterocycles. The van der Waals surface area contributed by atoms with Gasteiger partial charge in [-0.2, -0.15) is 4.68 Å². The van der Waals surface area contributed by atoms with Crippen LogP contribution in [-0.4, -0.2) is 32.5 Å². The highest BCUT2D eigenvalue weighted by Gasteiger charge is 2.43. The molecule has 3 heterocycles. The fourth-order valence-corrected chi connectivity index (χ4v) is 5.34. The second-order valence-corrected chi connectivity index (χ2v) is 9.42. The predicted octanol–water partition coefficient (Wildman–Crippen LogP) is 3.73. The van der Waals surface area contributed by atoms with Gasteiger partial charge in [-0.1, -0.05) is 36.8 Å². The monoisotopic (exact) mass is 489 g/mol. The van der Waals surface area contributed by atoms with Crippen LogP contribution in [0.3, 0.4) is 0 Å². The van der Waals surface area contributed by atoms with Gasteiger partial charge in [-0.05, 0) is 42.8 Å². The number of carbonyl (C=O) groups excluding carboxylic acids is 3. The van der Waals surface area contributed by atoms with E-state index in [9.17, 15) is 19.2 Å². The number of hydrogen-bond donors (Lipinski definition) is 2. The van der Waals surface area contributed by atoms with E-state index in [1.54, 1.807) is 24.3 Å². The number of nitrogens with zero attached hydrogens (tertiary/aromatic N) is 3. The Morgan fingerprint density at radius 3 is 2.57 bits per heavy atom. The zero-order chi connectivity index (χ0) is 24.7. The van der Waals surface area contributed by atoms with E-state index in [-0.39, 0.29) is 23.8 Å². The van der Waals surface area contributed by atoms with Gasteiger partial charge in [0.2, 0.25) is 22.9 Å². The molecule has 10 heteroatoms. The molecule has 1 aliphatic rings. The van der Waals surface area contributed by atoms with Gasteiger partial charge in [0.25, 0.3) is 5.56 Å². The van der Waals surface area contributed by atoms with E-state index < -0.39 is 11.8 Å². The molecular weight excluding hydrogens is 466 g/mol. The summed E-state index contributed by atoms with van der Waals surface area (Å²) in [4.78, 5) is 56.8. The quantitative estimate of drug-likeness (QED) is 0.400. The van der Waals surface area contributed by atoms with Crippen molar-refractivity contribution in [3.63, 3.8) is 0 Å². The molecule has 0 aliphatic carbocycles. The van der Waals surface area contributed by atoms with E-state index in [4.69, 9.17) is 0 Å². The molecule has 0 unspecified atom stereocenters. The summed E-state index contributed by atoms with van der Waals surface area (Å²) < 4.78 is 2.33. The summed E-state index contributed by atoms with van der Waals surface area (Å²) in [7, 11) is 0. The summed E-state index contributed by atoms with van der Waals surface area (Å²) in [6.07, 6.45) is 1.23. The molecule has 0 spiro atoms. The number of benzene rings is 2. The topological polar surface area (TPSA) is 117 Å². The van der Waals surface area contributed by atoms with Crippen LogP contribution in [0, 0.1) is 0 Å². The van der Waals surface area contributed by atoms with Gasteiger partial charge in [0.05, 0.1) is 27.4 Å². The summed E-state index contributed by atoms with van der Waals surface area (Å²) in [6, 6.07) is 14.1. The van der Waals surface area contributed by atoms with Crippen molar-refractivity contribution in [2.24, 2.45) is 0 Å².